The van der Waals surface area contributed by atoms with E-state index in [0.29, 0.717) is 0 Å². The molecule has 92 valence electrons. The predicted molar refractivity (Wildman–Crippen MR) is 54.6 cm³/mol. The smallest absolute Gasteiger partial charge is 0.308 e. The SMILES string of the molecule is COC(=O)CC(O)c1ccc(F)c([N+](=O)[O-])c1. The lowest BCUT2D eigenvalue weighted by molar-refractivity contribution is -0.387. The first-order valence-electron chi connectivity index (χ1n) is 4.64. The zero-order valence-corrected chi connectivity index (χ0v) is 8.92. The summed E-state index contributed by atoms with van der Waals surface area (Å²) in [6.45, 7) is 0. The van der Waals surface area contributed by atoms with Gasteiger partial charge in [-0.3, -0.25) is 14.9 Å². The van der Waals surface area contributed by atoms with E-state index in [9.17, 15) is 24.4 Å². The van der Waals surface area contributed by atoms with Crippen LogP contribution in [0.4, 0.5) is 10.1 Å². The van der Waals surface area contributed by atoms with E-state index in [1.54, 1.807) is 0 Å². The number of ether oxygens (including phenoxy) is 1. The Morgan fingerprint density at radius 1 is 1.65 bits per heavy atom. The molecular weight excluding hydrogens is 233 g/mol. The van der Waals surface area contributed by atoms with Crippen molar-refractivity contribution >= 4 is 11.7 Å². The van der Waals surface area contributed by atoms with E-state index in [4.69, 9.17) is 0 Å². The fourth-order valence-corrected chi connectivity index (χ4v) is 1.24. The zero-order valence-electron chi connectivity index (χ0n) is 8.92. The second-order valence-electron chi connectivity index (χ2n) is 3.26. The minimum Gasteiger partial charge on any atom is -0.469 e. The molecule has 1 aromatic carbocycles. The van der Waals surface area contributed by atoms with Crippen molar-refractivity contribution in [3.63, 3.8) is 0 Å². The van der Waals surface area contributed by atoms with Crippen LogP contribution in [0.1, 0.15) is 18.1 Å². The molecule has 7 heteroatoms. The van der Waals surface area contributed by atoms with Crippen LogP contribution in [0, 0.1) is 15.9 Å². The minimum absolute atomic E-state index is 0.0866. The third-order valence-corrected chi connectivity index (χ3v) is 2.14. The molecule has 0 aliphatic heterocycles. The summed E-state index contributed by atoms with van der Waals surface area (Å²) in [6, 6.07) is 2.94. The van der Waals surface area contributed by atoms with Gasteiger partial charge in [0.05, 0.1) is 24.6 Å². The monoisotopic (exact) mass is 243 g/mol. The summed E-state index contributed by atoms with van der Waals surface area (Å²) in [5.41, 5.74) is -0.657. The van der Waals surface area contributed by atoms with Gasteiger partial charge in [0.2, 0.25) is 5.82 Å². The molecule has 0 saturated heterocycles. The van der Waals surface area contributed by atoms with E-state index < -0.39 is 28.5 Å². The number of aliphatic hydroxyl groups excluding tert-OH is 1. The second-order valence-corrected chi connectivity index (χ2v) is 3.26. The van der Waals surface area contributed by atoms with E-state index in [2.05, 4.69) is 4.74 Å². The number of hydrogen-bond donors (Lipinski definition) is 1. The highest BCUT2D eigenvalue weighted by molar-refractivity contribution is 5.70. The van der Waals surface area contributed by atoms with Gasteiger partial charge < -0.3 is 9.84 Å². The molecule has 0 heterocycles. The highest BCUT2D eigenvalue weighted by atomic mass is 19.1. The fraction of sp³-hybridized carbons (Fsp3) is 0.300. The quantitative estimate of drug-likeness (QED) is 0.489. The lowest BCUT2D eigenvalue weighted by atomic mass is 10.1. The molecule has 0 saturated carbocycles. The Morgan fingerprint density at radius 3 is 2.82 bits per heavy atom. The van der Waals surface area contributed by atoms with Crippen LogP contribution in [0.3, 0.4) is 0 Å². The van der Waals surface area contributed by atoms with Gasteiger partial charge in [0.15, 0.2) is 0 Å². The highest BCUT2D eigenvalue weighted by Gasteiger charge is 2.19. The number of nitrogens with zero attached hydrogens (tertiary/aromatic N) is 1. The number of benzene rings is 1. The van der Waals surface area contributed by atoms with Crippen molar-refractivity contribution in [2.24, 2.45) is 0 Å². The van der Waals surface area contributed by atoms with Crippen LogP contribution in [0.2, 0.25) is 0 Å². The highest BCUT2D eigenvalue weighted by Crippen LogP contribution is 2.24. The Balaban J connectivity index is 2.95. The second kappa shape index (κ2) is 5.35. The summed E-state index contributed by atoms with van der Waals surface area (Å²) in [5, 5.41) is 20.0. The molecule has 17 heavy (non-hydrogen) atoms. The van der Waals surface area contributed by atoms with E-state index in [-0.39, 0.29) is 12.0 Å². The summed E-state index contributed by atoms with van der Waals surface area (Å²) < 4.78 is 17.3. The molecule has 1 unspecified atom stereocenters. The number of nitro groups is 1. The first kappa shape index (κ1) is 13.0. The molecule has 0 spiro atoms. The average Bonchev–Trinajstić information content (AvgIpc) is 2.28. The van der Waals surface area contributed by atoms with Gasteiger partial charge in [0, 0.05) is 6.07 Å². The zero-order chi connectivity index (χ0) is 13.0. The predicted octanol–water partition coefficient (Wildman–Crippen LogP) is 1.33. The molecule has 0 fully saturated rings. The van der Waals surface area contributed by atoms with Crippen LogP contribution in [0.25, 0.3) is 0 Å². The van der Waals surface area contributed by atoms with Crippen molar-refractivity contribution in [3.05, 3.63) is 39.7 Å². The summed E-state index contributed by atoms with van der Waals surface area (Å²) in [6.07, 6.45) is -1.61. The van der Waals surface area contributed by atoms with Gasteiger partial charge in [-0.05, 0) is 11.6 Å². The van der Waals surface area contributed by atoms with Gasteiger partial charge in [0.1, 0.15) is 0 Å². The molecule has 0 aliphatic rings. The number of methoxy groups -OCH3 is 1. The van der Waals surface area contributed by atoms with E-state index >= 15 is 0 Å². The number of hydrogen-bond acceptors (Lipinski definition) is 5. The molecule has 1 atom stereocenters. The summed E-state index contributed by atoms with van der Waals surface area (Å²) in [7, 11) is 1.15. The molecule has 1 rings (SSSR count). The van der Waals surface area contributed by atoms with Gasteiger partial charge in [-0.25, -0.2) is 0 Å². The van der Waals surface area contributed by atoms with Crippen molar-refractivity contribution in [2.45, 2.75) is 12.5 Å². The van der Waals surface area contributed by atoms with Crippen LogP contribution < -0.4 is 0 Å². The van der Waals surface area contributed by atoms with Gasteiger partial charge in [-0.1, -0.05) is 6.07 Å². The van der Waals surface area contributed by atoms with Gasteiger partial charge in [0.25, 0.3) is 0 Å². The Morgan fingerprint density at radius 2 is 2.29 bits per heavy atom. The summed E-state index contributed by atoms with van der Waals surface area (Å²) >= 11 is 0. The van der Waals surface area contributed by atoms with Gasteiger partial charge >= 0.3 is 11.7 Å². The summed E-state index contributed by atoms with van der Waals surface area (Å²) in [4.78, 5) is 20.5. The van der Waals surface area contributed by atoms with Crippen LogP contribution >= 0.6 is 0 Å². The van der Waals surface area contributed by atoms with Gasteiger partial charge in [-0.15, -0.1) is 0 Å². The molecule has 0 bridgehead atoms. The average molecular weight is 243 g/mol. The third-order valence-electron chi connectivity index (χ3n) is 2.14. The van der Waals surface area contributed by atoms with Crippen molar-refractivity contribution in [1.82, 2.24) is 0 Å². The maximum atomic E-state index is 13.0. The Kier molecular flexibility index (Phi) is 4.11. The Bertz CT molecular complexity index is 448. The molecular formula is C10H10FNO5. The molecule has 0 aromatic heterocycles. The third kappa shape index (κ3) is 3.22. The molecule has 0 amide bonds. The largest absolute Gasteiger partial charge is 0.469 e. The standard InChI is InChI=1S/C10H10FNO5/c1-17-10(14)5-9(13)6-2-3-7(11)8(4-6)12(15)16/h2-4,9,13H,5H2,1H3. The molecule has 0 aliphatic carbocycles. The van der Waals surface area contributed by atoms with E-state index in [1.165, 1.54) is 6.07 Å². The molecule has 1 N–H and O–H groups in total. The summed E-state index contributed by atoms with van der Waals surface area (Å²) in [5.74, 6) is -1.66. The van der Waals surface area contributed by atoms with Crippen LogP contribution in [-0.2, 0) is 9.53 Å². The Hall–Kier alpha value is -2.02. The van der Waals surface area contributed by atoms with E-state index in [1.807, 2.05) is 0 Å². The fourth-order valence-electron chi connectivity index (χ4n) is 1.24. The minimum atomic E-state index is -1.26. The number of carbonyl (C=O) groups is 1. The molecule has 0 radical (unpaired) electrons. The topological polar surface area (TPSA) is 89.7 Å². The first-order valence-corrected chi connectivity index (χ1v) is 4.64. The van der Waals surface area contributed by atoms with Crippen molar-refractivity contribution in [2.75, 3.05) is 7.11 Å². The number of carbonyl (C=O) groups excluding carboxylic acids is 1. The number of aliphatic hydroxyl groups is 1. The van der Waals surface area contributed by atoms with E-state index in [0.717, 1.165) is 19.2 Å². The normalized spacial score (nSPS) is 11.9. The lowest BCUT2D eigenvalue weighted by Crippen LogP contribution is -2.08. The number of rotatable bonds is 4. The lowest BCUT2D eigenvalue weighted by Gasteiger charge is -2.09. The van der Waals surface area contributed by atoms with Crippen LogP contribution in [0.15, 0.2) is 18.2 Å². The molecule has 6 nitrogen and oxygen atoms in total. The van der Waals surface area contributed by atoms with Crippen molar-refractivity contribution in [1.29, 1.82) is 0 Å². The number of esters is 1. The first-order chi connectivity index (χ1) is 7.95. The maximum Gasteiger partial charge on any atom is 0.308 e. The number of halogens is 1. The maximum absolute atomic E-state index is 13.0. The molecule has 1 aromatic rings. The van der Waals surface area contributed by atoms with Crippen molar-refractivity contribution in [3.8, 4) is 0 Å². The van der Waals surface area contributed by atoms with Gasteiger partial charge in [-0.2, -0.15) is 4.39 Å². The number of nitro benzene ring substituents is 1. The van der Waals surface area contributed by atoms with Crippen LogP contribution in [-0.4, -0.2) is 23.1 Å². The van der Waals surface area contributed by atoms with Crippen LogP contribution in [0.5, 0.6) is 0 Å². The Labute approximate surface area is 95.8 Å². The van der Waals surface area contributed by atoms with Crippen molar-refractivity contribution < 1.29 is 24.0 Å².